The van der Waals surface area contributed by atoms with Crippen LogP contribution in [0.4, 0.5) is 0 Å². The van der Waals surface area contributed by atoms with E-state index in [0.29, 0.717) is 5.57 Å². The van der Waals surface area contributed by atoms with Crippen molar-refractivity contribution in [2.45, 2.75) is 51.4 Å². The molecule has 0 bridgehead atoms. The van der Waals surface area contributed by atoms with Crippen LogP contribution in [0.1, 0.15) is 6.42 Å². The molecule has 5 heteroatoms. The maximum atomic E-state index is 11.4. The fourth-order valence-corrected chi connectivity index (χ4v) is 8.90. The molecule has 0 aromatic heterocycles. The molecule has 0 radical (unpaired) electrons. The minimum atomic E-state index is -1.54. The Morgan fingerprint density at radius 3 is 2.18 bits per heavy atom. The van der Waals surface area contributed by atoms with Crippen LogP contribution in [0.5, 0.6) is 0 Å². The molecule has 0 spiro atoms. The summed E-state index contributed by atoms with van der Waals surface area (Å²) >= 11 is 0. The fourth-order valence-electron chi connectivity index (χ4n) is 2.63. The quantitative estimate of drug-likeness (QED) is 0.803. The second-order valence-electron chi connectivity index (χ2n) is 6.89. The van der Waals surface area contributed by atoms with Crippen molar-refractivity contribution in [1.82, 2.24) is 4.57 Å². The average Bonchev–Trinajstić information content (AvgIpc) is 2.13. The van der Waals surface area contributed by atoms with Gasteiger partial charge in [0.05, 0.1) is 8.07 Å². The molecule has 1 N–H and O–H groups in total. The molecule has 17 heavy (non-hydrogen) atoms. The zero-order valence-electron chi connectivity index (χ0n) is 11.9. The smallest absolute Gasteiger partial charge is 0.332 e. The van der Waals surface area contributed by atoms with Gasteiger partial charge in [-0.15, -0.1) is 0 Å². The van der Waals surface area contributed by atoms with Crippen molar-refractivity contribution in [3.8, 4) is 0 Å². The number of aliphatic carboxylic acids is 1. The summed E-state index contributed by atoms with van der Waals surface area (Å²) in [5.41, 5.74) is 0.832. The highest BCUT2D eigenvalue weighted by Gasteiger charge is 2.43. The Morgan fingerprint density at radius 2 is 1.82 bits per heavy atom. The predicted molar refractivity (Wildman–Crippen MR) is 77.5 cm³/mol. The first-order valence-electron chi connectivity index (χ1n) is 6.25. The number of nitrogens with zero attached hydrogens (tertiary/aromatic N) is 1. The van der Waals surface area contributed by atoms with Gasteiger partial charge in [0.25, 0.3) is 0 Å². The molecule has 3 nitrogen and oxygen atoms in total. The highest BCUT2D eigenvalue weighted by Crippen LogP contribution is 2.30. The Hall–Kier alpha value is -0.396. The van der Waals surface area contributed by atoms with Gasteiger partial charge in [-0.3, -0.25) is 0 Å². The van der Waals surface area contributed by atoms with Gasteiger partial charge in [-0.25, -0.2) is 4.79 Å². The van der Waals surface area contributed by atoms with Crippen molar-refractivity contribution in [2.75, 3.05) is 6.54 Å². The summed E-state index contributed by atoms with van der Waals surface area (Å²) in [7, 11) is -3.00. The number of hydrogen-bond donors (Lipinski definition) is 1. The van der Waals surface area contributed by atoms with E-state index >= 15 is 0 Å². The molecule has 0 saturated heterocycles. The first kappa shape index (κ1) is 14.7. The van der Waals surface area contributed by atoms with Gasteiger partial charge in [-0.1, -0.05) is 45.4 Å². The van der Waals surface area contributed by atoms with Crippen LogP contribution in [0.15, 0.2) is 11.6 Å². The topological polar surface area (TPSA) is 40.5 Å². The van der Waals surface area contributed by atoms with Gasteiger partial charge in [0.1, 0.15) is 8.24 Å². The largest absolute Gasteiger partial charge is 0.478 e. The monoisotopic (exact) mass is 271 g/mol. The van der Waals surface area contributed by atoms with E-state index in [1.54, 1.807) is 0 Å². The average molecular weight is 272 g/mol. The van der Waals surface area contributed by atoms with Gasteiger partial charge in [0.2, 0.25) is 0 Å². The third-order valence-corrected chi connectivity index (χ3v) is 8.00. The Kier molecular flexibility index (Phi) is 4.06. The highest BCUT2D eigenvalue weighted by atomic mass is 28.3. The maximum absolute atomic E-state index is 11.4. The number of rotatable bonds is 3. The summed E-state index contributed by atoms with van der Waals surface area (Å²) in [6.07, 6.45) is 2.83. The van der Waals surface area contributed by atoms with Crippen LogP contribution in [0.3, 0.4) is 0 Å². The van der Waals surface area contributed by atoms with E-state index in [1.165, 1.54) is 0 Å². The molecule has 0 aromatic carbocycles. The van der Waals surface area contributed by atoms with Crippen molar-refractivity contribution in [3.05, 3.63) is 11.6 Å². The van der Waals surface area contributed by atoms with E-state index in [1.807, 2.05) is 6.08 Å². The van der Waals surface area contributed by atoms with E-state index in [-0.39, 0.29) is 5.67 Å². The zero-order valence-corrected chi connectivity index (χ0v) is 13.9. The normalized spacial score (nSPS) is 23.4. The molecule has 0 amide bonds. The molecule has 1 atom stereocenters. The lowest BCUT2D eigenvalue weighted by atomic mass is 10.1. The molecule has 1 heterocycles. The van der Waals surface area contributed by atoms with Gasteiger partial charge in [-0.2, -0.15) is 0 Å². The minimum Gasteiger partial charge on any atom is -0.478 e. The van der Waals surface area contributed by atoms with Gasteiger partial charge in [0.15, 0.2) is 0 Å². The van der Waals surface area contributed by atoms with Crippen LogP contribution in [0, 0.1) is 0 Å². The summed E-state index contributed by atoms with van der Waals surface area (Å²) in [4.78, 5) is 11.4. The molecule has 1 rings (SSSR count). The van der Waals surface area contributed by atoms with E-state index in [2.05, 4.69) is 43.8 Å². The number of carboxylic acid groups (broad SMARTS) is 1. The van der Waals surface area contributed by atoms with Crippen molar-refractivity contribution in [3.63, 3.8) is 0 Å². The van der Waals surface area contributed by atoms with Crippen molar-refractivity contribution >= 4 is 22.3 Å². The Bertz CT molecular complexity index is 339. The lowest BCUT2D eigenvalue weighted by molar-refractivity contribution is -0.133. The molecular formula is C12H25NO2Si2. The first-order chi connectivity index (χ1) is 7.55. The van der Waals surface area contributed by atoms with E-state index < -0.39 is 22.3 Å². The first-order valence-corrected chi connectivity index (χ1v) is 13.3. The summed E-state index contributed by atoms with van der Waals surface area (Å²) < 4.78 is 2.52. The molecule has 1 aliphatic heterocycles. The van der Waals surface area contributed by atoms with Crippen molar-refractivity contribution in [2.24, 2.45) is 0 Å². The summed E-state index contributed by atoms with van der Waals surface area (Å²) in [6, 6.07) is 0. The highest BCUT2D eigenvalue weighted by molar-refractivity contribution is 6.81. The number of hydrogen-bond acceptors (Lipinski definition) is 2. The summed E-state index contributed by atoms with van der Waals surface area (Å²) in [6.45, 7) is 14.8. The van der Waals surface area contributed by atoms with Crippen LogP contribution < -0.4 is 0 Å². The Labute approximate surface area is 107 Å². The van der Waals surface area contributed by atoms with Gasteiger partial charge in [0, 0.05) is 11.2 Å². The van der Waals surface area contributed by atoms with E-state index in [4.69, 9.17) is 0 Å². The van der Waals surface area contributed by atoms with Crippen LogP contribution in [-0.2, 0) is 4.79 Å². The van der Waals surface area contributed by atoms with Crippen molar-refractivity contribution in [1.29, 1.82) is 0 Å². The Balaban J connectivity index is 3.19. The van der Waals surface area contributed by atoms with Crippen LogP contribution in [-0.4, -0.2) is 44.2 Å². The molecule has 0 fully saturated rings. The fraction of sp³-hybridized carbons (Fsp3) is 0.750. The standard InChI is InChI=1S/C12H25NO2Si2/c1-16(2,3)11-10(12(14)15)8-7-9-13(11)17(4,5)6/h8,11H,7,9H2,1-6H3,(H,14,15). The van der Waals surface area contributed by atoms with Gasteiger partial charge < -0.3 is 9.67 Å². The van der Waals surface area contributed by atoms with Crippen LogP contribution >= 0.6 is 0 Å². The minimum absolute atomic E-state index is 0.181. The van der Waals surface area contributed by atoms with E-state index in [9.17, 15) is 9.90 Å². The lowest BCUT2D eigenvalue weighted by Gasteiger charge is -2.48. The summed E-state index contributed by atoms with van der Waals surface area (Å²) in [5.74, 6) is -0.722. The predicted octanol–water partition coefficient (Wildman–Crippen LogP) is 2.78. The number of carbonyl (C=O) groups is 1. The zero-order chi connectivity index (χ0) is 13.4. The van der Waals surface area contributed by atoms with Gasteiger partial charge >= 0.3 is 5.97 Å². The molecule has 1 aliphatic rings. The molecule has 0 saturated carbocycles. The lowest BCUT2D eigenvalue weighted by Crippen LogP contribution is -2.63. The van der Waals surface area contributed by atoms with Crippen LogP contribution in [0.25, 0.3) is 0 Å². The molecule has 98 valence electrons. The molecular weight excluding hydrogens is 246 g/mol. The molecule has 0 aliphatic carbocycles. The SMILES string of the molecule is C[Si](C)(C)C1C(C(=O)O)=CCCN1[Si](C)(C)C. The van der Waals surface area contributed by atoms with Crippen molar-refractivity contribution < 1.29 is 9.90 Å². The third-order valence-electron chi connectivity index (χ3n) is 3.27. The molecule has 0 aromatic rings. The maximum Gasteiger partial charge on any atom is 0.332 e. The Morgan fingerprint density at radius 1 is 1.29 bits per heavy atom. The number of carboxylic acids is 1. The van der Waals surface area contributed by atoms with Gasteiger partial charge in [-0.05, 0) is 13.0 Å². The van der Waals surface area contributed by atoms with E-state index in [0.717, 1.165) is 13.0 Å². The molecule has 1 unspecified atom stereocenters. The third kappa shape index (κ3) is 3.29. The second-order valence-corrected chi connectivity index (χ2v) is 17.1. The second kappa shape index (κ2) is 4.70. The summed E-state index contributed by atoms with van der Waals surface area (Å²) in [5, 5.41) is 9.40. The van der Waals surface area contributed by atoms with Crippen LogP contribution in [0.2, 0.25) is 39.3 Å².